The number of carbonyl (C=O) groups excluding carboxylic acids is 1. The number of pyridine rings is 1. The van der Waals surface area contributed by atoms with Crippen LogP contribution in [-0.4, -0.2) is 48.9 Å². The normalized spacial score (nSPS) is 18.8. The third-order valence-corrected chi connectivity index (χ3v) is 8.90. The van der Waals surface area contributed by atoms with Gasteiger partial charge in [-0.15, -0.1) is 0 Å². The molecule has 2 fully saturated rings. The number of hydrogen-bond donors (Lipinski definition) is 1. The van der Waals surface area contributed by atoms with Crippen LogP contribution in [0.4, 0.5) is 0 Å². The van der Waals surface area contributed by atoms with E-state index in [0.29, 0.717) is 38.8 Å². The number of nitrogens with one attached hydrogen (secondary N) is 1. The molecule has 1 amide bonds. The number of likely N-dealkylation sites (tertiary alicyclic amines) is 1. The van der Waals surface area contributed by atoms with Crippen LogP contribution in [0.1, 0.15) is 50.5 Å². The fourth-order valence-corrected chi connectivity index (χ4v) is 6.97. The zero-order valence-electron chi connectivity index (χ0n) is 20.7. The van der Waals surface area contributed by atoms with Crippen LogP contribution in [0.3, 0.4) is 0 Å². The van der Waals surface area contributed by atoms with Gasteiger partial charge in [0, 0.05) is 37.5 Å². The third-order valence-electron chi connectivity index (χ3n) is 7.36. The molecule has 1 aromatic heterocycles. The molecule has 36 heavy (non-hydrogen) atoms. The molecule has 1 saturated carbocycles. The highest BCUT2D eigenvalue weighted by Crippen LogP contribution is 2.33. The Balaban J connectivity index is 1.29. The molecule has 0 radical (unpaired) electrons. The average Bonchev–Trinajstić information content (AvgIpc) is 2.89. The first-order valence-electron chi connectivity index (χ1n) is 12.8. The largest absolute Gasteiger partial charge is 0.488 e. The second-order valence-corrected chi connectivity index (χ2v) is 11.7. The number of sulfonamides is 1. The minimum absolute atomic E-state index is 0.0204. The summed E-state index contributed by atoms with van der Waals surface area (Å²) in [6.07, 6.45) is 6.84. The molecular weight excluding hydrogens is 474 g/mol. The topological polar surface area (TPSA) is 88.6 Å². The Morgan fingerprint density at radius 3 is 2.50 bits per heavy atom. The van der Waals surface area contributed by atoms with E-state index in [1.165, 1.54) is 0 Å². The van der Waals surface area contributed by atoms with Gasteiger partial charge in [-0.1, -0.05) is 49.6 Å². The van der Waals surface area contributed by atoms with E-state index in [9.17, 15) is 13.2 Å². The lowest BCUT2D eigenvalue weighted by molar-refractivity contribution is -0.140. The number of hydrogen-bond acceptors (Lipinski definition) is 5. The Bertz CT molecular complexity index is 1340. The monoisotopic (exact) mass is 507 g/mol. The summed E-state index contributed by atoms with van der Waals surface area (Å²) in [5, 5.41) is 1.03. The maximum Gasteiger partial charge on any atom is 0.243 e. The van der Waals surface area contributed by atoms with Crippen LogP contribution in [0.5, 0.6) is 5.75 Å². The summed E-state index contributed by atoms with van der Waals surface area (Å²) in [5.74, 6) is 0.649. The Morgan fingerprint density at radius 1 is 1.03 bits per heavy atom. The van der Waals surface area contributed by atoms with Crippen molar-refractivity contribution >= 4 is 26.8 Å². The summed E-state index contributed by atoms with van der Waals surface area (Å²) in [4.78, 5) is 20.3. The van der Waals surface area contributed by atoms with Gasteiger partial charge in [-0.3, -0.25) is 9.78 Å². The van der Waals surface area contributed by atoms with Crippen molar-refractivity contribution in [3.05, 3.63) is 66.4 Å². The molecule has 2 aromatic carbocycles. The standard InChI is InChI=1S/C28H33N3O4S/c1-21-8-5-11-24(20-21)36(33,34)30-28(15-3-2-4-16-28)27(32)31-18-13-23(14-19-31)35-25-12-6-9-22-10-7-17-29-26(22)25/h5-12,17,20,23,30H,2-4,13-16,18-19H2,1H3. The van der Waals surface area contributed by atoms with Gasteiger partial charge in [0.15, 0.2) is 0 Å². The maximum atomic E-state index is 13.8. The van der Waals surface area contributed by atoms with E-state index >= 15 is 0 Å². The lowest BCUT2D eigenvalue weighted by Gasteiger charge is -2.42. The molecule has 190 valence electrons. The second-order valence-electron chi connectivity index (χ2n) is 10.0. The highest BCUT2D eigenvalue weighted by atomic mass is 32.2. The van der Waals surface area contributed by atoms with Crippen LogP contribution in [0, 0.1) is 6.92 Å². The molecule has 0 atom stereocenters. The number of piperidine rings is 1. The van der Waals surface area contributed by atoms with E-state index in [1.807, 2.05) is 48.2 Å². The molecule has 1 saturated heterocycles. The smallest absolute Gasteiger partial charge is 0.243 e. The number of nitrogens with zero attached hydrogens (tertiary/aromatic N) is 2. The zero-order valence-corrected chi connectivity index (χ0v) is 21.5. The van der Waals surface area contributed by atoms with Gasteiger partial charge in [0.2, 0.25) is 15.9 Å². The first-order valence-corrected chi connectivity index (χ1v) is 14.3. The first-order chi connectivity index (χ1) is 17.4. The predicted octanol–water partition coefficient (Wildman–Crippen LogP) is 4.59. The molecule has 1 aliphatic heterocycles. The Hall–Kier alpha value is -2.97. The number of aryl methyl sites for hydroxylation is 1. The van der Waals surface area contributed by atoms with E-state index in [4.69, 9.17) is 4.74 Å². The summed E-state index contributed by atoms with van der Waals surface area (Å²) < 4.78 is 35.8. The van der Waals surface area contributed by atoms with Gasteiger partial charge < -0.3 is 9.64 Å². The number of para-hydroxylation sites is 1. The second kappa shape index (κ2) is 10.2. The molecule has 0 bridgehead atoms. The fraction of sp³-hybridized carbons (Fsp3) is 0.429. The number of amides is 1. The molecule has 2 heterocycles. The Morgan fingerprint density at radius 2 is 1.75 bits per heavy atom. The van der Waals surface area contributed by atoms with E-state index in [0.717, 1.165) is 41.5 Å². The molecule has 0 unspecified atom stereocenters. The number of benzene rings is 2. The number of fused-ring (bicyclic) bond motifs is 1. The van der Waals surface area contributed by atoms with Crippen molar-refractivity contribution in [1.82, 2.24) is 14.6 Å². The number of ether oxygens (including phenoxy) is 1. The van der Waals surface area contributed by atoms with Gasteiger partial charge >= 0.3 is 0 Å². The van der Waals surface area contributed by atoms with E-state index in [1.54, 1.807) is 24.4 Å². The molecule has 5 rings (SSSR count). The summed E-state index contributed by atoms with van der Waals surface area (Å²) in [7, 11) is -3.83. The van der Waals surface area contributed by atoms with Crippen LogP contribution < -0.4 is 9.46 Å². The van der Waals surface area contributed by atoms with Gasteiger partial charge in [-0.2, -0.15) is 4.72 Å². The minimum atomic E-state index is -3.83. The highest BCUT2D eigenvalue weighted by molar-refractivity contribution is 7.89. The lowest BCUT2D eigenvalue weighted by atomic mass is 9.81. The van der Waals surface area contributed by atoms with Crippen molar-refractivity contribution in [2.75, 3.05) is 13.1 Å². The van der Waals surface area contributed by atoms with E-state index in [-0.39, 0.29) is 16.9 Å². The zero-order chi connectivity index (χ0) is 25.2. The molecule has 3 aromatic rings. The van der Waals surface area contributed by atoms with Crippen molar-refractivity contribution in [3.8, 4) is 5.75 Å². The van der Waals surface area contributed by atoms with Gasteiger partial charge in [0.05, 0.1) is 4.90 Å². The predicted molar refractivity (Wildman–Crippen MR) is 139 cm³/mol. The number of rotatable bonds is 6. The average molecular weight is 508 g/mol. The molecule has 1 N–H and O–H groups in total. The summed E-state index contributed by atoms with van der Waals surface area (Å²) in [5.41, 5.74) is 0.615. The van der Waals surface area contributed by atoms with Gasteiger partial charge in [0.1, 0.15) is 22.9 Å². The molecule has 0 spiro atoms. The van der Waals surface area contributed by atoms with Crippen LogP contribution in [-0.2, 0) is 14.8 Å². The van der Waals surface area contributed by atoms with Gasteiger partial charge in [0.25, 0.3) is 0 Å². The maximum absolute atomic E-state index is 13.8. The molecule has 2 aliphatic rings. The van der Waals surface area contributed by atoms with Crippen LogP contribution in [0.2, 0.25) is 0 Å². The summed E-state index contributed by atoms with van der Waals surface area (Å²) in [6, 6.07) is 16.7. The summed E-state index contributed by atoms with van der Waals surface area (Å²) >= 11 is 0. The van der Waals surface area contributed by atoms with Crippen molar-refractivity contribution in [3.63, 3.8) is 0 Å². The fourth-order valence-electron chi connectivity index (χ4n) is 5.44. The summed E-state index contributed by atoms with van der Waals surface area (Å²) in [6.45, 7) is 2.94. The molecular formula is C28H33N3O4S. The SMILES string of the molecule is Cc1cccc(S(=O)(=O)NC2(C(=O)N3CCC(Oc4cccc5cccnc45)CC3)CCCCC2)c1. The molecule has 1 aliphatic carbocycles. The van der Waals surface area contributed by atoms with E-state index in [2.05, 4.69) is 9.71 Å². The van der Waals surface area contributed by atoms with E-state index < -0.39 is 15.6 Å². The Labute approximate surface area is 212 Å². The van der Waals surface area contributed by atoms with Gasteiger partial charge in [-0.25, -0.2) is 8.42 Å². The van der Waals surface area contributed by atoms with Crippen molar-refractivity contribution in [1.29, 1.82) is 0 Å². The highest BCUT2D eigenvalue weighted by Gasteiger charge is 2.46. The number of aromatic nitrogens is 1. The van der Waals surface area contributed by atoms with Crippen LogP contribution in [0.15, 0.2) is 65.7 Å². The van der Waals surface area contributed by atoms with Crippen molar-refractivity contribution < 1.29 is 17.9 Å². The van der Waals surface area contributed by atoms with Crippen molar-refractivity contribution in [2.24, 2.45) is 0 Å². The van der Waals surface area contributed by atoms with Crippen LogP contribution in [0.25, 0.3) is 10.9 Å². The Kier molecular flexibility index (Phi) is 6.99. The lowest BCUT2D eigenvalue weighted by Crippen LogP contribution is -2.61. The minimum Gasteiger partial charge on any atom is -0.488 e. The molecule has 7 nitrogen and oxygen atoms in total. The quantitative estimate of drug-likeness (QED) is 0.527. The molecule has 8 heteroatoms. The third kappa shape index (κ3) is 5.11. The van der Waals surface area contributed by atoms with Gasteiger partial charge in [-0.05, 0) is 49.6 Å². The van der Waals surface area contributed by atoms with Crippen LogP contribution >= 0.6 is 0 Å². The van der Waals surface area contributed by atoms with Crippen molar-refractivity contribution in [2.45, 2.75) is 68.4 Å². The first kappa shape index (κ1) is 24.7. The number of carbonyl (C=O) groups is 1.